The number of rotatable bonds is 6. The van der Waals surface area contributed by atoms with Crippen molar-refractivity contribution in [3.05, 3.63) is 58.1 Å². The van der Waals surface area contributed by atoms with Gasteiger partial charge in [-0.2, -0.15) is 0 Å². The molecule has 2 aromatic carbocycles. The molecule has 0 saturated carbocycles. The van der Waals surface area contributed by atoms with Crippen LogP contribution in [0.25, 0.3) is 0 Å². The van der Waals surface area contributed by atoms with Crippen LogP contribution < -0.4 is 10.1 Å². The van der Waals surface area contributed by atoms with Gasteiger partial charge in [0.2, 0.25) is 0 Å². The number of nitro benzene ring substituents is 1. The molecule has 0 bridgehead atoms. The number of aromatic carboxylic acids is 1. The van der Waals surface area contributed by atoms with E-state index >= 15 is 0 Å². The van der Waals surface area contributed by atoms with Crippen molar-refractivity contribution in [3.63, 3.8) is 0 Å². The highest BCUT2D eigenvalue weighted by molar-refractivity contribution is 5.96. The summed E-state index contributed by atoms with van der Waals surface area (Å²) in [5.41, 5.74) is 0.375. The molecular formula is C15H14N2O5. The lowest BCUT2D eigenvalue weighted by atomic mass is 10.1. The van der Waals surface area contributed by atoms with Crippen LogP contribution in [-0.2, 0) is 0 Å². The maximum atomic E-state index is 11.4. The Labute approximate surface area is 126 Å². The number of nitro groups is 1. The van der Waals surface area contributed by atoms with Gasteiger partial charge in [0.1, 0.15) is 0 Å². The Morgan fingerprint density at radius 2 is 2.00 bits per heavy atom. The third-order valence-corrected chi connectivity index (χ3v) is 2.88. The lowest BCUT2D eigenvalue weighted by Gasteiger charge is -2.12. The summed E-state index contributed by atoms with van der Waals surface area (Å²) in [6.07, 6.45) is 0. The molecule has 7 nitrogen and oxygen atoms in total. The minimum Gasteiger partial charge on any atom is -0.487 e. The van der Waals surface area contributed by atoms with E-state index in [9.17, 15) is 20.0 Å². The van der Waals surface area contributed by atoms with Gasteiger partial charge in [-0.3, -0.25) is 10.1 Å². The third kappa shape index (κ3) is 3.32. The lowest BCUT2D eigenvalue weighted by Crippen LogP contribution is -2.06. The van der Waals surface area contributed by atoms with E-state index in [1.165, 1.54) is 6.07 Å². The maximum Gasteiger partial charge on any atom is 0.337 e. The number of carboxylic acids is 1. The second-order valence-corrected chi connectivity index (χ2v) is 4.35. The number of carbonyl (C=O) groups is 1. The first-order chi connectivity index (χ1) is 10.5. The van der Waals surface area contributed by atoms with Gasteiger partial charge in [0.05, 0.1) is 22.8 Å². The minimum atomic E-state index is -1.20. The Kier molecular flexibility index (Phi) is 4.57. The van der Waals surface area contributed by atoms with Crippen molar-refractivity contribution in [1.29, 1.82) is 0 Å². The number of anilines is 2. The van der Waals surface area contributed by atoms with Crippen LogP contribution >= 0.6 is 0 Å². The zero-order valence-corrected chi connectivity index (χ0v) is 11.8. The number of para-hydroxylation sites is 1. The summed E-state index contributed by atoms with van der Waals surface area (Å²) in [4.78, 5) is 21.9. The van der Waals surface area contributed by atoms with Crippen LogP contribution in [0.5, 0.6) is 5.75 Å². The number of nitrogens with one attached hydrogen (secondary N) is 1. The highest BCUT2D eigenvalue weighted by Crippen LogP contribution is 2.34. The highest BCUT2D eigenvalue weighted by atomic mass is 16.6. The molecule has 2 N–H and O–H groups in total. The number of hydrogen-bond acceptors (Lipinski definition) is 5. The monoisotopic (exact) mass is 302 g/mol. The van der Waals surface area contributed by atoms with Gasteiger partial charge in [0.25, 0.3) is 0 Å². The molecule has 2 rings (SSSR count). The Hall–Kier alpha value is -3.09. The quantitative estimate of drug-likeness (QED) is 0.626. The number of benzene rings is 2. The van der Waals surface area contributed by atoms with E-state index in [2.05, 4.69) is 5.32 Å². The molecule has 2 aromatic rings. The van der Waals surface area contributed by atoms with Crippen LogP contribution in [0, 0.1) is 10.1 Å². The zero-order chi connectivity index (χ0) is 16.1. The topological polar surface area (TPSA) is 102 Å². The standard InChI is InChI=1S/C15H14N2O5/c1-2-22-14-8-11(15(18)19)12(9-13(14)17(20)21)16-10-6-4-3-5-7-10/h3-9,16H,2H2,1H3,(H,18,19). The summed E-state index contributed by atoms with van der Waals surface area (Å²) in [6.45, 7) is 1.87. The first-order valence-electron chi connectivity index (χ1n) is 6.53. The van der Waals surface area contributed by atoms with Crippen LogP contribution in [0.3, 0.4) is 0 Å². The van der Waals surface area contributed by atoms with Crippen molar-refractivity contribution >= 4 is 23.0 Å². The average Bonchev–Trinajstić information content (AvgIpc) is 2.49. The van der Waals surface area contributed by atoms with Gasteiger partial charge in [-0.1, -0.05) is 18.2 Å². The van der Waals surface area contributed by atoms with Crippen LogP contribution in [0.15, 0.2) is 42.5 Å². The largest absolute Gasteiger partial charge is 0.487 e. The summed E-state index contributed by atoms with van der Waals surface area (Å²) in [6, 6.07) is 11.1. The molecule has 114 valence electrons. The third-order valence-electron chi connectivity index (χ3n) is 2.88. The van der Waals surface area contributed by atoms with Gasteiger partial charge >= 0.3 is 11.7 Å². The Morgan fingerprint density at radius 1 is 1.32 bits per heavy atom. The van der Waals surface area contributed by atoms with Crippen LogP contribution in [-0.4, -0.2) is 22.6 Å². The fourth-order valence-corrected chi connectivity index (χ4v) is 1.94. The Bertz CT molecular complexity index is 701. The molecule has 0 aliphatic heterocycles. The van der Waals surface area contributed by atoms with Gasteiger partial charge in [-0.05, 0) is 19.1 Å². The zero-order valence-electron chi connectivity index (χ0n) is 11.8. The summed E-state index contributed by atoms with van der Waals surface area (Å²) in [7, 11) is 0. The van der Waals surface area contributed by atoms with Gasteiger partial charge in [-0.15, -0.1) is 0 Å². The van der Waals surface area contributed by atoms with E-state index < -0.39 is 10.9 Å². The Balaban J connectivity index is 2.53. The molecule has 0 heterocycles. The van der Waals surface area contributed by atoms with E-state index in [1.807, 2.05) is 6.07 Å². The van der Waals surface area contributed by atoms with Crippen molar-refractivity contribution in [3.8, 4) is 5.75 Å². The van der Waals surface area contributed by atoms with Crippen molar-refractivity contribution in [1.82, 2.24) is 0 Å². The molecule has 7 heteroatoms. The summed E-state index contributed by atoms with van der Waals surface area (Å²) < 4.78 is 5.16. The van der Waals surface area contributed by atoms with Crippen LogP contribution in [0.4, 0.5) is 17.1 Å². The van der Waals surface area contributed by atoms with Crippen molar-refractivity contribution in [2.75, 3.05) is 11.9 Å². The first-order valence-corrected chi connectivity index (χ1v) is 6.53. The summed E-state index contributed by atoms with van der Waals surface area (Å²) in [5, 5.41) is 23.3. The fourth-order valence-electron chi connectivity index (χ4n) is 1.94. The molecule has 0 fully saturated rings. The maximum absolute atomic E-state index is 11.4. The van der Waals surface area contributed by atoms with E-state index in [0.717, 1.165) is 6.07 Å². The summed E-state index contributed by atoms with van der Waals surface area (Å²) >= 11 is 0. The van der Waals surface area contributed by atoms with E-state index in [1.54, 1.807) is 31.2 Å². The van der Waals surface area contributed by atoms with E-state index in [-0.39, 0.29) is 29.3 Å². The van der Waals surface area contributed by atoms with Gasteiger partial charge in [0, 0.05) is 17.8 Å². The molecule has 0 aliphatic carbocycles. The number of carboxylic acid groups (broad SMARTS) is 1. The van der Waals surface area contributed by atoms with Crippen LogP contribution in [0.1, 0.15) is 17.3 Å². The van der Waals surface area contributed by atoms with Crippen molar-refractivity contribution in [2.45, 2.75) is 6.92 Å². The predicted molar refractivity (Wildman–Crippen MR) is 80.9 cm³/mol. The highest BCUT2D eigenvalue weighted by Gasteiger charge is 2.22. The second kappa shape index (κ2) is 6.57. The molecule has 0 atom stereocenters. The second-order valence-electron chi connectivity index (χ2n) is 4.35. The molecule has 0 aromatic heterocycles. The predicted octanol–water partition coefficient (Wildman–Crippen LogP) is 3.44. The molecule has 22 heavy (non-hydrogen) atoms. The molecule has 0 spiro atoms. The van der Waals surface area contributed by atoms with Gasteiger partial charge < -0.3 is 15.2 Å². The number of ether oxygens (including phenoxy) is 1. The number of nitrogens with zero attached hydrogens (tertiary/aromatic N) is 1. The minimum absolute atomic E-state index is 0.0662. The molecule has 0 amide bonds. The molecule has 0 radical (unpaired) electrons. The lowest BCUT2D eigenvalue weighted by molar-refractivity contribution is -0.385. The normalized spacial score (nSPS) is 10.0. The van der Waals surface area contributed by atoms with Crippen LogP contribution in [0.2, 0.25) is 0 Å². The first kappa shape index (κ1) is 15.3. The SMILES string of the molecule is CCOc1cc(C(=O)O)c(Nc2ccccc2)cc1[N+](=O)[O-]. The van der Waals surface area contributed by atoms with E-state index in [0.29, 0.717) is 5.69 Å². The van der Waals surface area contributed by atoms with Gasteiger partial charge in [0.15, 0.2) is 5.75 Å². The molecule has 0 saturated heterocycles. The van der Waals surface area contributed by atoms with Crippen molar-refractivity contribution < 1.29 is 19.6 Å². The van der Waals surface area contributed by atoms with E-state index in [4.69, 9.17) is 4.74 Å². The smallest absolute Gasteiger partial charge is 0.337 e. The molecule has 0 unspecified atom stereocenters. The Morgan fingerprint density at radius 3 is 2.55 bits per heavy atom. The fraction of sp³-hybridized carbons (Fsp3) is 0.133. The number of hydrogen-bond donors (Lipinski definition) is 2. The van der Waals surface area contributed by atoms with Crippen molar-refractivity contribution in [2.24, 2.45) is 0 Å². The average molecular weight is 302 g/mol. The molecular weight excluding hydrogens is 288 g/mol. The molecule has 0 aliphatic rings. The summed E-state index contributed by atoms with van der Waals surface area (Å²) in [5.74, 6) is -1.27. The van der Waals surface area contributed by atoms with Gasteiger partial charge in [-0.25, -0.2) is 4.79 Å².